The van der Waals surface area contributed by atoms with Gasteiger partial charge >= 0.3 is 0 Å². The topological polar surface area (TPSA) is 20.3 Å². The summed E-state index contributed by atoms with van der Waals surface area (Å²) in [6.45, 7) is 2.56. The van der Waals surface area contributed by atoms with Crippen LogP contribution in [0.2, 0.25) is 0 Å². The van der Waals surface area contributed by atoms with Crippen molar-refractivity contribution < 1.29 is 13.6 Å². The van der Waals surface area contributed by atoms with Crippen LogP contribution in [0.5, 0.6) is 0 Å². The van der Waals surface area contributed by atoms with E-state index in [1.165, 1.54) is 12.1 Å². The van der Waals surface area contributed by atoms with Gasteiger partial charge in [-0.2, -0.15) is 0 Å². The molecule has 2 rings (SSSR count). The molecule has 1 heterocycles. The van der Waals surface area contributed by atoms with E-state index in [0.29, 0.717) is 6.42 Å². The Kier molecular flexibility index (Phi) is 5.27. The number of carbonyl (C=O) groups is 1. The predicted molar refractivity (Wildman–Crippen MR) is 77.4 cm³/mol. The molecular formula is C15H18BrF2NO. The molecule has 1 saturated heterocycles. The third-order valence-electron chi connectivity index (χ3n) is 3.77. The summed E-state index contributed by atoms with van der Waals surface area (Å²) in [6, 6.07) is 2.74. The molecule has 1 fully saturated rings. The lowest BCUT2D eigenvalue weighted by atomic mass is 9.97. The van der Waals surface area contributed by atoms with Gasteiger partial charge in [0.25, 0.3) is 0 Å². The third kappa shape index (κ3) is 3.64. The molecule has 1 atom stereocenters. The summed E-state index contributed by atoms with van der Waals surface area (Å²) in [5.41, 5.74) is 0.0785. The number of hydrogen-bond acceptors (Lipinski definition) is 2. The lowest BCUT2D eigenvalue weighted by Crippen LogP contribution is -2.40. The monoisotopic (exact) mass is 345 g/mol. The smallest absolute Gasteiger partial charge is 0.144 e. The maximum absolute atomic E-state index is 14.0. The standard InChI is InChI=1S/C15H18BrF2NO/c1-10(20)8-11-4-2-3-7-19(11)9-12-14(17)6-5-13(16)15(12)18/h5-6,11H,2-4,7-9H2,1H3. The first-order chi connectivity index (χ1) is 9.49. The summed E-state index contributed by atoms with van der Waals surface area (Å²) < 4.78 is 28.1. The van der Waals surface area contributed by atoms with Crippen LogP contribution in [-0.4, -0.2) is 23.3 Å². The zero-order valence-electron chi connectivity index (χ0n) is 11.5. The van der Waals surface area contributed by atoms with Crippen molar-refractivity contribution in [1.29, 1.82) is 0 Å². The summed E-state index contributed by atoms with van der Waals surface area (Å²) in [5.74, 6) is -0.952. The van der Waals surface area contributed by atoms with Crippen molar-refractivity contribution >= 4 is 21.7 Å². The highest BCUT2D eigenvalue weighted by Gasteiger charge is 2.25. The lowest BCUT2D eigenvalue weighted by Gasteiger charge is -2.35. The van der Waals surface area contributed by atoms with E-state index in [0.717, 1.165) is 25.8 Å². The Balaban J connectivity index is 2.18. The van der Waals surface area contributed by atoms with Gasteiger partial charge in [0.15, 0.2) is 0 Å². The van der Waals surface area contributed by atoms with Crippen LogP contribution >= 0.6 is 15.9 Å². The molecule has 0 spiro atoms. The fraction of sp³-hybridized carbons (Fsp3) is 0.533. The molecule has 110 valence electrons. The van der Waals surface area contributed by atoms with Gasteiger partial charge in [-0.1, -0.05) is 6.42 Å². The van der Waals surface area contributed by atoms with Gasteiger partial charge in [0.1, 0.15) is 17.4 Å². The summed E-state index contributed by atoms with van der Waals surface area (Å²) in [6.07, 6.45) is 3.44. The first-order valence-corrected chi connectivity index (χ1v) is 7.64. The second-order valence-corrected chi connectivity index (χ2v) is 6.20. The quantitative estimate of drug-likeness (QED) is 0.767. The number of ketones is 1. The van der Waals surface area contributed by atoms with Crippen LogP contribution in [0.25, 0.3) is 0 Å². The van der Waals surface area contributed by atoms with Crippen molar-refractivity contribution in [3.05, 3.63) is 33.8 Å². The number of halogens is 3. The normalized spacial score (nSPS) is 20.1. The zero-order valence-corrected chi connectivity index (χ0v) is 13.1. The van der Waals surface area contributed by atoms with E-state index in [-0.39, 0.29) is 28.4 Å². The number of piperidine rings is 1. The Bertz CT molecular complexity index is 507. The van der Waals surface area contributed by atoms with E-state index in [4.69, 9.17) is 0 Å². The van der Waals surface area contributed by atoms with Crippen molar-refractivity contribution in [2.24, 2.45) is 0 Å². The van der Waals surface area contributed by atoms with Crippen molar-refractivity contribution in [2.45, 2.75) is 45.2 Å². The highest BCUT2D eigenvalue weighted by atomic mass is 79.9. The van der Waals surface area contributed by atoms with Gasteiger partial charge in [-0.3, -0.25) is 9.69 Å². The highest BCUT2D eigenvalue weighted by Crippen LogP contribution is 2.27. The molecule has 1 unspecified atom stereocenters. The Morgan fingerprint density at radius 3 is 2.85 bits per heavy atom. The molecule has 0 aromatic heterocycles. The van der Waals surface area contributed by atoms with Crippen LogP contribution in [0.4, 0.5) is 8.78 Å². The Morgan fingerprint density at radius 1 is 1.40 bits per heavy atom. The van der Waals surface area contributed by atoms with Gasteiger partial charge in [-0.05, 0) is 54.4 Å². The van der Waals surface area contributed by atoms with Crippen molar-refractivity contribution in [1.82, 2.24) is 4.90 Å². The van der Waals surface area contributed by atoms with E-state index < -0.39 is 11.6 Å². The number of Topliss-reactive ketones (excluding diaryl/α,β-unsaturated/α-hetero) is 1. The van der Waals surface area contributed by atoms with E-state index in [9.17, 15) is 13.6 Å². The van der Waals surface area contributed by atoms with Crippen LogP contribution in [0.1, 0.15) is 38.2 Å². The highest BCUT2D eigenvalue weighted by molar-refractivity contribution is 9.10. The molecule has 0 N–H and O–H groups in total. The molecule has 20 heavy (non-hydrogen) atoms. The van der Waals surface area contributed by atoms with Crippen LogP contribution < -0.4 is 0 Å². The maximum atomic E-state index is 14.0. The Hall–Kier alpha value is -0.810. The molecule has 1 aromatic carbocycles. The fourth-order valence-electron chi connectivity index (χ4n) is 2.75. The van der Waals surface area contributed by atoms with E-state index in [2.05, 4.69) is 15.9 Å². The third-order valence-corrected chi connectivity index (χ3v) is 4.38. The molecule has 5 heteroatoms. The Labute approximate surface area is 126 Å². The number of rotatable bonds is 4. The second kappa shape index (κ2) is 6.76. The van der Waals surface area contributed by atoms with Crippen LogP contribution in [0.15, 0.2) is 16.6 Å². The predicted octanol–water partition coefficient (Wildman–Crippen LogP) is 4.06. The molecule has 0 aliphatic carbocycles. The number of benzene rings is 1. The van der Waals surface area contributed by atoms with Crippen molar-refractivity contribution in [2.75, 3.05) is 6.54 Å². The number of likely N-dealkylation sites (tertiary alicyclic amines) is 1. The summed E-state index contributed by atoms with van der Waals surface area (Å²) in [5, 5.41) is 0. The lowest BCUT2D eigenvalue weighted by molar-refractivity contribution is -0.118. The average Bonchev–Trinajstić information content (AvgIpc) is 2.40. The molecule has 0 saturated carbocycles. The summed E-state index contributed by atoms with van der Waals surface area (Å²) >= 11 is 3.09. The van der Waals surface area contributed by atoms with Crippen molar-refractivity contribution in [3.63, 3.8) is 0 Å². The molecular weight excluding hydrogens is 328 g/mol. The number of nitrogens with zero attached hydrogens (tertiary/aromatic N) is 1. The minimum Gasteiger partial charge on any atom is -0.300 e. The first kappa shape index (κ1) is 15.6. The Morgan fingerprint density at radius 2 is 2.15 bits per heavy atom. The molecule has 0 amide bonds. The second-order valence-electron chi connectivity index (χ2n) is 5.35. The summed E-state index contributed by atoms with van der Waals surface area (Å²) in [4.78, 5) is 13.3. The average molecular weight is 346 g/mol. The van der Waals surface area contributed by atoms with Crippen molar-refractivity contribution in [3.8, 4) is 0 Å². The SMILES string of the molecule is CC(=O)CC1CCCCN1Cc1c(F)ccc(Br)c1F. The van der Waals surface area contributed by atoms with E-state index in [1.807, 2.05) is 4.90 Å². The van der Waals surface area contributed by atoms with Crippen LogP contribution in [-0.2, 0) is 11.3 Å². The molecule has 1 aliphatic heterocycles. The minimum absolute atomic E-state index is 0.0785. The van der Waals surface area contributed by atoms with Gasteiger partial charge in [0, 0.05) is 24.6 Å². The van der Waals surface area contributed by atoms with Gasteiger partial charge in [-0.15, -0.1) is 0 Å². The molecule has 2 nitrogen and oxygen atoms in total. The fourth-order valence-corrected chi connectivity index (χ4v) is 3.12. The minimum atomic E-state index is -0.544. The van der Waals surface area contributed by atoms with Gasteiger partial charge < -0.3 is 0 Å². The molecule has 0 bridgehead atoms. The van der Waals surface area contributed by atoms with E-state index >= 15 is 0 Å². The molecule has 0 radical (unpaired) electrons. The maximum Gasteiger partial charge on any atom is 0.144 e. The summed E-state index contributed by atoms with van der Waals surface area (Å²) in [7, 11) is 0. The van der Waals surface area contributed by atoms with Crippen LogP contribution in [0.3, 0.4) is 0 Å². The molecule has 1 aromatic rings. The zero-order chi connectivity index (χ0) is 14.7. The first-order valence-electron chi connectivity index (χ1n) is 6.85. The van der Waals surface area contributed by atoms with Gasteiger partial charge in [-0.25, -0.2) is 8.78 Å². The number of carbonyl (C=O) groups excluding carboxylic acids is 1. The largest absolute Gasteiger partial charge is 0.300 e. The van der Waals surface area contributed by atoms with E-state index in [1.54, 1.807) is 6.92 Å². The van der Waals surface area contributed by atoms with Crippen LogP contribution in [0, 0.1) is 11.6 Å². The van der Waals surface area contributed by atoms with Gasteiger partial charge in [0.2, 0.25) is 0 Å². The number of hydrogen-bond donors (Lipinski definition) is 0. The van der Waals surface area contributed by atoms with Gasteiger partial charge in [0.05, 0.1) is 4.47 Å². The molecule has 1 aliphatic rings.